The molecule has 0 aliphatic rings. The van der Waals surface area contributed by atoms with Gasteiger partial charge in [0.1, 0.15) is 11.2 Å². The lowest BCUT2D eigenvalue weighted by atomic mass is 10.0. The van der Waals surface area contributed by atoms with Crippen LogP contribution in [0.25, 0.3) is 0 Å². The quantitative estimate of drug-likeness (QED) is 0.607. The highest BCUT2D eigenvalue weighted by molar-refractivity contribution is 6.21. The predicted octanol–water partition coefficient (Wildman–Crippen LogP) is 4.32. The minimum Gasteiger partial charge on any atom is -0.493 e. The van der Waals surface area contributed by atoms with Gasteiger partial charge in [0.05, 0.1) is 14.2 Å². The fraction of sp³-hybridized carbons (Fsp3) is 0.455. The van der Waals surface area contributed by atoms with Gasteiger partial charge in [0.25, 0.3) is 0 Å². The molecular weight excluding hydrogens is 314 g/mol. The summed E-state index contributed by atoms with van der Waals surface area (Å²) in [6.07, 6.45) is -5.90. The van der Waals surface area contributed by atoms with Gasteiger partial charge in [-0.05, 0) is 6.07 Å². The van der Waals surface area contributed by atoms with E-state index in [2.05, 4.69) is 4.74 Å². The van der Waals surface area contributed by atoms with E-state index >= 15 is 0 Å². The Hall–Kier alpha value is -1.31. The average Bonchev–Trinajstić information content (AvgIpc) is 2.36. The van der Waals surface area contributed by atoms with Gasteiger partial charge < -0.3 is 9.47 Å². The van der Waals surface area contributed by atoms with Crippen LogP contribution in [0.3, 0.4) is 0 Å². The van der Waals surface area contributed by atoms with E-state index in [9.17, 15) is 26.3 Å². The molecule has 0 saturated carbocycles. The molecule has 0 aromatic heterocycles. The van der Waals surface area contributed by atoms with Crippen molar-refractivity contribution in [3.05, 3.63) is 23.5 Å². The molecule has 1 aromatic carbocycles. The summed E-state index contributed by atoms with van der Waals surface area (Å²) in [6.45, 7) is 0. The van der Waals surface area contributed by atoms with Crippen LogP contribution < -0.4 is 9.47 Å². The van der Waals surface area contributed by atoms with Gasteiger partial charge >= 0.3 is 12.1 Å². The molecule has 0 saturated heterocycles. The Bertz CT molecular complexity index is 489. The van der Waals surface area contributed by atoms with Crippen LogP contribution in [0.1, 0.15) is 10.9 Å². The van der Waals surface area contributed by atoms with E-state index in [-0.39, 0.29) is 11.5 Å². The third-order valence-electron chi connectivity index (χ3n) is 2.47. The molecule has 114 valence electrons. The molecule has 0 amide bonds. The molecule has 1 unspecified atom stereocenters. The Balaban J connectivity index is 3.33. The third kappa shape index (κ3) is 2.89. The SMILES string of the molecule is COc1cc(F)c(C(Cl)C(F)(F)C(F)(F)F)cc1OC. The van der Waals surface area contributed by atoms with E-state index in [1.165, 1.54) is 0 Å². The first-order chi connectivity index (χ1) is 9.06. The zero-order valence-corrected chi connectivity index (χ0v) is 11.0. The van der Waals surface area contributed by atoms with Crippen molar-refractivity contribution in [3.8, 4) is 11.5 Å². The van der Waals surface area contributed by atoms with E-state index in [0.717, 1.165) is 14.2 Å². The van der Waals surface area contributed by atoms with Crippen molar-refractivity contribution in [2.45, 2.75) is 17.5 Å². The monoisotopic (exact) mass is 322 g/mol. The van der Waals surface area contributed by atoms with E-state index < -0.39 is 28.9 Å². The van der Waals surface area contributed by atoms with Gasteiger partial charge in [-0.1, -0.05) is 0 Å². The van der Waals surface area contributed by atoms with Crippen LogP contribution in [0.5, 0.6) is 11.5 Å². The van der Waals surface area contributed by atoms with Gasteiger partial charge in [0, 0.05) is 11.6 Å². The first kappa shape index (κ1) is 16.7. The molecule has 1 rings (SSSR count). The summed E-state index contributed by atoms with van der Waals surface area (Å²) < 4.78 is 85.9. The maximum absolute atomic E-state index is 13.6. The summed E-state index contributed by atoms with van der Waals surface area (Å²) in [5.74, 6) is -7.03. The van der Waals surface area contributed by atoms with Crippen LogP contribution in [0, 0.1) is 5.82 Å². The molecule has 1 atom stereocenters. The van der Waals surface area contributed by atoms with Crippen molar-refractivity contribution in [3.63, 3.8) is 0 Å². The molecule has 0 spiro atoms. The fourth-order valence-corrected chi connectivity index (χ4v) is 1.69. The number of hydrogen-bond donors (Lipinski definition) is 0. The highest BCUT2D eigenvalue weighted by Gasteiger charge is 2.62. The number of ether oxygens (including phenoxy) is 2. The van der Waals surface area contributed by atoms with Crippen LogP contribution in [0.15, 0.2) is 12.1 Å². The maximum atomic E-state index is 13.6. The molecule has 0 heterocycles. The van der Waals surface area contributed by atoms with Gasteiger partial charge in [-0.15, -0.1) is 11.6 Å². The molecule has 0 aliphatic heterocycles. The topological polar surface area (TPSA) is 18.5 Å². The van der Waals surface area contributed by atoms with E-state index in [4.69, 9.17) is 16.3 Å². The van der Waals surface area contributed by atoms with Gasteiger partial charge in [0.15, 0.2) is 11.5 Å². The third-order valence-corrected chi connectivity index (χ3v) is 2.98. The second kappa shape index (κ2) is 5.59. The van der Waals surface area contributed by atoms with Crippen molar-refractivity contribution >= 4 is 11.6 Å². The van der Waals surface area contributed by atoms with Crippen molar-refractivity contribution < 1.29 is 35.8 Å². The smallest absolute Gasteiger partial charge is 0.455 e. The maximum Gasteiger partial charge on any atom is 0.455 e. The van der Waals surface area contributed by atoms with Crippen molar-refractivity contribution in [2.24, 2.45) is 0 Å². The predicted molar refractivity (Wildman–Crippen MR) is 59.1 cm³/mol. The number of alkyl halides is 6. The molecule has 0 N–H and O–H groups in total. The van der Waals surface area contributed by atoms with E-state index in [1.54, 1.807) is 0 Å². The second-order valence-corrected chi connectivity index (χ2v) is 4.15. The minimum atomic E-state index is -5.90. The summed E-state index contributed by atoms with van der Waals surface area (Å²) in [5, 5.41) is -2.93. The zero-order valence-electron chi connectivity index (χ0n) is 10.2. The Morgan fingerprint density at radius 1 is 1.00 bits per heavy atom. The molecule has 0 radical (unpaired) electrons. The van der Waals surface area contributed by atoms with Crippen molar-refractivity contribution in [1.29, 1.82) is 0 Å². The second-order valence-electron chi connectivity index (χ2n) is 3.71. The van der Waals surface area contributed by atoms with Gasteiger partial charge in [-0.25, -0.2) is 4.39 Å². The number of hydrogen-bond acceptors (Lipinski definition) is 2. The van der Waals surface area contributed by atoms with Crippen LogP contribution in [0.2, 0.25) is 0 Å². The summed E-state index contributed by atoms with van der Waals surface area (Å²) in [4.78, 5) is 0. The highest BCUT2D eigenvalue weighted by atomic mass is 35.5. The molecule has 20 heavy (non-hydrogen) atoms. The lowest BCUT2D eigenvalue weighted by Gasteiger charge is -2.25. The van der Waals surface area contributed by atoms with Gasteiger partial charge in [-0.3, -0.25) is 0 Å². The molecule has 0 aliphatic carbocycles. The largest absolute Gasteiger partial charge is 0.493 e. The summed E-state index contributed by atoms with van der Waals surface area (Å²) >= 11 is 5.11. The zero-order chi connectivity index (χ0) is 15.7. The molecule has 1 aromatic rings. The van der Waals surface area contributed by atoms with Crippen molar-refractivity contribution in [2.75, 3.05) is 14.2 Å². The first-order valence-corrected chi connectivity index (χ1v) is 5.50. The Morgan fingerprint density at radius 2 is 1.45 bits per heavy atom. The standard InChI is InChI=1S/C11H9ClF6O2/c1-19-7-3-5(6(13)4-8(7)20-2)9(12)10(14,15)11(16,17)18/h3-4,9H,1-2H3. The molecule has 0 bridgehead atoms. The van der Waals surface area contributed by atoms with Crippen LogP contribution in [-0.4, -0.2) is 26.3 Å². The van der Waals surface area contributed by atoms with E-state index in [1.807, 2.05) is 0 Å². The Morgan fingerprint density at radius 3 is 1.85 bits per heavy atom. The molecule has 9 heteroatoms. The number of halogens is 7. The van der Waals surface area contributed by atoms with Gasteiger partial charge in [0.2, 0.25) is 0 Å². The van der Waals surface area contributed by atoms with Crippen LogP contribution >= 0.6 is 11.6 Å². The molecule has 2 nitrogen and oxygen atoms in total. The van der Waals surface area contributed by atoms with E-state index in [0.29, 0.717) is 12.1 Å². The Labute approximate surface area is 115 Å². The minimum absolute atomic E-state index is 0.159. The average molecular weight is 323 g/mol. The fourth-order valence-electron chi connectivity index (χ4n) is 1.40. The lowest BCUT2D eigenvalue weighted by Crippen LogP contribution is -2.40. The normalized spacial score (nSPS) is 14.1. The van der Waals surface area contributed by atoms with Crippen LogP contribution in [0.4, 0.5) is 26.3 Å². The summed E-state index contributed by atoms with van der Waals surface area (Å²) in [6, 6.07) is 1.27. The highest BCUT2D eigenvalue weighted by Crippen LogP contribution is 2.49. The first-order valence-electron chi connectivity index (χ1n) is 5.06. The molecular formula is C11H9ClF6O2. The molecule has 0 fully saturated rings. The van der Waals surface area contributed by atoms with Gasteiger partial charge in [-0.2, -0.15) is 22.0 Å². The Kier molecular flexibility index (Phi) is 4.68. The van der Waals surface area contributed by atoms with Crippen LogP contribution in [-0.2, 0) is 0 Å². The summed E-state index contributed by atoms with van der Waals surface area (Å²) in [7, 11) is 2.27. The number of benzene rings is 1. The lowest BCUT2D eigenvalue weighted by molar-refractivity contribution is -0.283. The number of rotatable bonds is 4. The number of methoxy groups -OCH3 is 2. The van der Waals surface area contributed by atoms with Crippen molar-refractivity contribution in [1.82, 2.24) is 0 Å². The summed E-state index contributed by atoms with van der Waals surface area (Å²) in [5.41, 5.74) is -1.04.